The average molecular weight is 440 g/mol. The van der Waals surface area contributed by atoms with Crippen molar-refractivity contribution in [1.29, 1.82) is 0 Å². The smallest absolute Gasteiger partial charge is 0.336 e. The summed E-state index contributed by atoms with van der Waals surface area (Å²) in [7, 11) is 1.62. The molecule has 0 atom stereocenters. The third-order valence-electron chi connectivity index (χ3n) is 4.94. The monoisotopic (exact) mass is 440 g/mol. The van der Waals surface area contributed by atoms with Crippen LogP contribution in [0.15, 0.2) is 67.0 Å². The van der Waals surface area contributed by atoms with Crippen molar-refractivity contribution in [2.75, 3.05) is 7.05 Å². The molecule has 1 amide bonds. The standard InChI is InChI=1S/C22H19F3N6O/c1-15-20(27-28-31(15)19-10-6-7-17(11-19)22(23,24)25)21(32)29(2)13-16-12-26-30(14-16)18-8-4-3-5-9-18/h3-12,14H,13H2,1-2H3. The molecule has 2 aromatic carbocycles. The van der Waals surface area contributed by atoms with Crippen LogP contribution >= 0.6 is 0 Å². The summed E-state index contributed by atoms with van der Waals surface area (Å²) in [6.45, 7) is 1.87. The van der Waals surface area contributed by atoms with Crippen LogP contribution in [0.3, 0.4) is 0 Å². The van der Waals surface area contributed by atoms with E-state index in [1.54, 1.807) is 24.9 Å². The van der Waals surface area contributed by atoms with Gasteiger partial charge in [-0.2, -0.15) is 18.3 Å². The van der Waals surface area contributed by atoms with Crippen LogP contribution in [0.4, 0.5) is 13.2 Å². The van der Waals surface area contributed by atoms with Crippen LogP contribution in [0.2, 0.25) is 0 Å². The van der Waals surface area contributed by atoms with Gasteiger partial charge in [-0.15, -0.1) is 5.10 Å². The Labute approximate surface area is 181 Å². The molecule has 0 saturated carbocycles. The molecule has 0 bridgehead atoms. The molecule has 0 spiro atoms. The third kappa shape index (κ3) is 4.25. The molecule has 0 aliphatic carbocycles. The zero-order valence-electron chi connectivity index (χ0n) is 17.3. The molecule has 0 radical (unpaired) electrons. The number of benzene rings is 2. The largest absolute Gasteiger partial charge is 0.416 e. The maximum Gasteiger partial charge on any atom is 0.416 e. The lowest BCUT2D eigenvalue weighted by Crippen LogP contribution is -2.27. The van der Waals surface area contributed by atoms with E-state index < -0.39 is 17.6 Å². The maximum atomic E-state index is 13.0. The molecule has 2 aromatic heterocycles. The second-order valence-electron chi connectivity index (χ2n) is 7.27. The van der Waals surface area contributed by atoms with Gasteiger partial charge in [0.05, 0.1) is 28.8 Å². The fourth-order valence-electron chi connectivity index (χ4n) is 3.28. The summed E-state index contributed by atoms with van der Waals surface area (Å²) < 4.78 is 42.0. The molecule has 4 aromatic rings. The van der Waals surface area contributed by atoms with Crippen molar-refractivity contribution in [3.63, 3.8) is 0 Å². The highest BCUT2D eigenvalue weighted by Gasteiger charge is 2.31. The van der Waals surface area contributed by atoms with E-state index in [4.69, 9.17) is 0 Å². The Bertz CT molecular complexity index is 1250. The number of nitrogens with zero attached hydrogens (tertiary/aromatic N) is 6. The zero-order chi connectivity index (χ0) is 22.9. The first-order valence-corrected chi connectivity index (χ1v) is 9.68. The van der Waals surface area contributed by atoms with Gasteiger partial charge < -0.3 is 4.90 Å². The van der Waals surface area contributed by atoms with Crippen LogP contribution in [0.1, 0.15) is 27.3 Å². The molecule has 0 aliphatic heterocycles. The molecule has 7 nitrogen and oxygen atoms in total. The number of carbonyl (C=O) groups is 1. The fraction of sp³-hybridized carbons (Fsp3) is 0.182. The van der Waals surface area contributed by atoms with Gasteiger partial charge >= 0.3 is 6.18 Å². The Hall–Kier alpha value is -3.95. The summed E-state index contributed by atoms with van der Waals surface area (Å²) in [5, 5.41) is 12.1. The predicted molar refractivity (Wildman–Crippen MR) is 110 cm³/mol. The van der Waals surface area contributed by atoms with Crippen LogP contribution in [-0.4, -0.2) is 42.6 Å². The SMILES string of the molecule is Cc1c(C(=O)N(C)Cc2cnn(-c3ccccc3)c2)nnn1-c1cccc(C(F)(F)F)c1. The van der Waals surface area contributed by atoms with Crippen LogP contribution in [0, 0.1) is 6.92 Å². The highest BCUT2D eigenvalue weighted by atomic mass is 19.4. The normalized spacial score (nSPS) is 11.5. The van der Waals surface area contributed by atoms with E-state index in [9.17, 15) is 18.0 Å². The van der Waals surface area contributed by atoms with Crippen LogP contribution < -0.4 is 0 Å². The Morgan fingerprint density at radius 3 is 2.50 bits per heavy atom. The Morgan fingerprint density at radius 2 is 1.78 bits per heavy atom. The van der Waals surface area contributed by atoms with Crippen molar-refractivity contribution in [3.05, 3.63) is 89.5 Å². The number of rotatable bonds is 5. The summed E-state index contributed by atoms with van der Waals surface area (Å²) in [5.74, 6) is -0.395. The number of alkyl halides is 3. The van der Waals surface area contributed by atoms with Crippen molar-refractivity contribution < 1.29 is 18.0 Å². The molecule has 32 heavy (non-hydrogen) atoms. The molecule has 4 rings (SSSR count). The molecule has 2 heterocycles. The summed E-state index contributed by atoms with van der Waals surface area (Å²) in [4.78, 5) is 14.4. The molecule has 0 N–H and O–H groups in total. The first-order chi connectivity index (χ1) is 15.2. The summed E-state index contributed by atoms with van der Waals surface area (Å²) >= 11 is 0. The lowest BCUT2D eigenvalue weighted by Gasteiger charge is -2.15. The van der Waals surface area contributed by atoms with E-state index in [0.29, 0.717) is 5.69 Å². The minimum Gasteiger partial charge on any atom is -0.336 e. The number of hydrogen-bond donors (Lipinski definition) is 0. The lowest BCUT2D eigenvalue weighted by atomic mass is 10.2. The van der Waals surface area contributed by atoms with E-state index in [0.717, 1.165) is 23.4 Å². The quantitative estimate of drug-likeness (QED) is 0.470. The highest BCUT2D eigenvalue weighted by Crippen LogP contribution is 2.30. The Morgan fingerprint density at radius 1 is 1.06 bits per heavy atom. The minimum atomic E-state index is -4.48. The van der Waals surface area contributed by atoms with Gasteiger partial charge in [0.15, 0.2) is 5.69 Å². The first-order valence-electron chi connectivity index (χ1n) is 9.68. The van der Waals surface area contributed by atoms with E-state index in [1.165, 1.54) is 21.7 Å². The zero-order valence-corrected chi connectivity index (χ0v) is 17.3. The topological polar surface area (TPSA) is 68.8 Å². The molecule has 0 aliphatic rings. The molecule has 10 heteroatoms. The molecule has 164 valence electrons. The van der Waals surface area contributed by atoms with Gasteiger partial charge in [0.1, 0.15) is 0 Å². The van der Waals surface area contributed by atoms with Gasteiger partial charge in [-0.25, -0.2) is 9.36 Å². The Kier molecular flexibility index (Phi) is 5.52. The van der Waals surface area contributed by atoms with Crippen molar-refractivity contribution in [1.82, 2.24) is 29.7 Å². The van der Waals surface area contributed by atoms with Crippen LogP contribution in [0.5, 0.6) is 0 Å². The third-order valence-corrected chi connectivity index (χ3v) is 4.94. The highest BCUT2D eigenvalue weighted by molar-refractivity contribution is 5.93. The number of hydrogen-bond acceptors (Lipinski definition) is 4. The van der Waals surface area contributed by atoms with Crippen LogP contribution in [0.25, 0.3) is 11.4 Å². The number of halogens is 3. The summed E-state index contributed by atoms with van der Waals surface area (Å²) in [6.07, 6.45) is -0.984. The van der Waals surface area contributed by atoms with Gasteiger partial charge in [0, 0.05) is 25.4 Å². The van der Waals surface area contributed by atoms with E-state index in [2.05, 4.69) is 15.4 Å². The van der Waals surface area contributed by atoms with E-state index >= 15 is 0 Å². The first kappa shape index (κ1) is 21.3. The van der Waals surface area contributed by atoms with Gasteiger partial charge in [-0.3, -0.25) is 4.79 Å². The minimum absolute atomic E-state index is 0.0698. The van der Waals surface area contributed by atoms with Crippen molar-refractivity contribution >= 4 is 5.91 Å². The fourth-order valence-corrected chi connectivity index (χ4v) is 3.28. The average Bonchev–Trinajstić information content (AvgIpc) is 3.40. The second-order valence-corrected chi connectivity index (χ2v) is 7.27. The van der Waals surface area contributed by atoms with Gasteiger partial charge in [0.2, 0.25) is 0 Å². The molecular weight excluding hydrogens is 421 g/mol. The predicted octanol–water partition coefficient (Wildman–Crippen LogP) is 4.05. The maximum absolute atomic E-state index is 13.0. The molecule has 0 unspecified atom stereocenters. The summed E-state index contributed by atoms with van der Waals surface area (Å²) in [5.41, 5.74) is 1.50. The van der Waals surface area contributed by atoms with Crippen LogP contribution in [-0.2, 0) is 12.7 Å². The molecule has 0 fully saturated rings. The Balaban J connectivity index is 1.52. The van der Waals surface area contributed by atoms with Crippen molar-refractivity contribution in [3.8, 4) is 11.4 Å². The van der Waals surface area contributed by atoms with Gasteiger partial charge in [-0.1, -0.05) is 29.5 Å². The van der Waals surface area contributed by atoms with E-state index in [1.807, 2.05) is 36.5 Å². The lowest BCUT2D eigenvalue weighted by molar-refractivity contribution is -0.137. The number of amides is 1. The second kappa shape index (κ2) is 8.29. The van der Waals surface area contributed by atoms with Gasteiger partial charge in [0.25, 0.3) is 5.91 Å². The van der Waals surface area contributed by atoms with Crippen molar-refractivity contribution in [2.45, 2.75) is 19.6 Å². The van der Waals surface area contributed by atoms with Crippen molar-refractivity contribution in [2.24, 2.45) is 0 Å². The molecular formula is C22H19F3N6O. The number of para-hydroxylation sites is 1. The summed E-state index contributed by atoms with van der Waals surface area (Å²) in [6, 6.07) is 14.3. The number of carbonyl (C=O) groups excluding carboxylic acids is 1. The van der Waals surface area contributed by atoms with Gasteiger partial charge in [-0.05, 0) is 37.3 Å². The number of aromatic nitrogens is 5. The molecule has 0 saturated heterocycles. The van der Waals surface area contributed by atoms with E-state index in [-0.39, 0.29) is 17.9 Å².